The summed E-state index contributed by atoms with van der Waals surface area (Å²) < 4.78 is 32.0. The highest BCUT2D eigenvalue weighted by atomic mass is 32.2. The van der Waals surface area contributed by atoms with Crippen LogP contribution in [0.15, 0.2) is 65.7 Å². The molecule has 3 aromatic rings. The van der Waals surface area contributed by atoms with E-state index < -0.39 is 10.0 Å². The summed E-state index contributed by atoms with van der Waals surface area (Å²) in [5, 5.41) is 3.79. The average molecular weight is 423 g/mol. The summed E-state index contributed by atoms with van der Waals surface area (Å²) in [4.78, 5) is 16.6. The summed E-state index contributed by atoms with van der Waals surface area (Å²) in [7, 11) is -3.68. The van der Waals surface area contributed by atoms with Crippen LogP contribution < -0.4 is 14.8 Å². The molecule has 0 unspecified atom stereocenters. The van der Waals surface area contributed by atoms with Crippen molar-refractivity contribution in [2.24, 2.45) is 0 Å². The van der Waals surface area contributed by atoms with Gasteiger partial charge in [-0.2, -0.15) is 4.72 Å². The minimum absolute atomic E-state index is 0.0476. The number of terminal acetylenes is 1. The van der Waals surface area contributed by atoms with Gasteiger partial charge >= 0.3 is 0 Å². The van der Waals surface area contributed by atoms with Crippen molar-refractivity contribution in [2.75, 3.05) is 19.7 Å². The van der Waals surface area contributed by atoms with E-state index in [0.717, 1.165) is 10.9 Å². The maximum atomic E-state index is 12.2. The van der Waals surface area contributed by atoms with Crippen molar-refractivity contribution >= 4 is 26.8 Å². The highest BCUT2D eigenvalue weighted by Gasteiger charge is 2.14. The van der Waals surface area contributed by atoms with Gasteiger partial charge in [-0.05, 0) is 42.8 Å². The number of para-hydroxylation sites is 1. The van der Waals surface area contributed by atoms with Gasteiger partial charge in [0.25, 0.3) is 5.91 Å². The molecule has 0 aliphatic carbocycles. The molecule has 0 atom stereocenters. The Bertz CT molecular complexity index is 1160. The number of hydrogen-bond acceptors (Lipinski definition) is 5. The van der Waals surface area contributed by atoms with E-state index >= 15 is 0 Å². The van der Waals surface area contributed by atoms with E-state index in [-0.39, 0.29) is 17.3 Å². The van der Waals surface area contributed by atoms with Crippen molar-refractivity contribution in [3.63, 3.8) is 0 Å². The second-order valence-corrected chi connectivity index (χ2v) is 8.11. The van der Waals surface area contributed by atoms with Gasteiger partial charge in [-0.25, -0.2) is 8.42 Å². The monoisotopic (exact) mass is 423 g/mol. The highest BCUT2D eigenvalue weighted by Crippen LogP contribution is 2.22. The SMILES string of the molecule is C#CCNS(=O)(=O)c1ccc(C(=O)NCCCOc2cccc3cccnc23)cc1. The second kappa shape index (κ2) is 9.87. The molecule has 1 heterocycles. The summed E-state index contributed by atoms with van der Waals surface area (Å²) in [5.41, 5.74) is 1.17. The third kappa shape index (κ3) is 5.35. The van der Waals surface area contributed by atoms with E-state index in [9.17, 15) is 13.2 Å². The number of nitrogens with one attached hydrogen (secondary N) is 2. The first-order valence-corrected chi connectivity index (χ1v) is 10.8. The molecular formula is C22H21N3O4S. The quantitative estimate of drug-likeness (QED) is 0.407. The van der Waals surface area contributed by atoms with Gasteiger partial charge < -0.3 is 10.1 Å². The number of aromatic nitrogens is 1. The number of carbonyl (C=O) groups excluding carboxylic acids is 1. The molecule has 0 aliphatic rings. The molecule has 8 heteroatoms. The molecule has 30 heavy (non-hydrogen) atoms. The van der Waals surface area contributed by atoms with Crippen molar-refractivity contribution in [1.29, 1.82) is 0 Å². The molecule has 1 aromatic heterocycles. The number of benzene rings is 2. The zero-order valence-electron chi connectivity index (χ0n) is 16.2. The van der Waals surface area contributed by atoms with Gasteiger partial charge in [0.2, 0.25) is 10.0 Å². The number of carbonyl (C=O) groups is 1. The van der Waals surface area contributed by atoms with Gasteiger partial charge in [0, 0.05) is 23.7 Å². The lowest BCUT2D eigenvalue weighted by molar-refractivity contribution is 0.0951. The molecule has 0 bridgehead atoms. The summed E-state index contributed by atoms with van der Waals surface area (Å²) >= 11 is 0. The highest BCUT2D eigenvalue weighted by molar-refractivity contribution is 7.89. The van der Waals surface area contributed by atoms with E-state index in [1.807, 2.05) is 30.3 Å². The van der Waals surface area contributed by atoms with Gasteiger partial charge in [0.1, 0.15) is 11.3 Å². The molecule has 3 rings (SSSR count). The van der Waals surface area contributed by atoms with Gasteiger partial charge in [-0.3, -0.25) is 9.78 Å². The first kappa shape index (κ1) is 21.3. The van der Waals surface area contributed by atoms with Crippen LogP contribution in [0, 0.1) is 12.3 Å². The first-order valence-electron chi connectivity index (χ1n) is 9.29. The molecule has 0 saturated carbocycles. The molecule has 2 N–H and O–H groups in total. The Morgan fingerprint density at radius 2 is 1.87 bits per heavy atom. The normalized spacial score (nSPS) is 11.0. The zero-order chi connectivity index (χ0) is 21.4. The minimum Gasteiger partial charge on any atom is -0.491 e. The average Bonchev–Trinajstić information content (AvgIpc) is 2.77. The molecule has 0 aliphatic heterocycles. The van der Waals surface area contributed by atoms with E-state index in [4.69, 9.17) is 11.2 Å². The summed E-state index contributed by atoms with van der Waals surface area (Å²) in [6.07, 6.45) is 7.39. The fraction of sp³-hybridized carbons (Fsp3) is 0.182. The van der Waals surface area contributed by atoms with Crippen molar-refractivity contribution < 1.29 is 17.9 Å². The molecule has 0 radical (unpaired) electrons. The van der Waals surface area contributed by atoms with Crippen LogP contribution in [0.2, 0.25) is 0 Å². The van der Waals surface area contributed by atoms with Gasteiger partial charge in [0.15, 0.2) is 0 Å². The minimum atomic E-state index is -3.68. The number of sulfonamides is 1. The van der Waals surface area contributed by atoms with Crippen LogP contribution in [0.1, 0.15) is 16.8 Å². The number of nitrogens with zero attached hydrogens (tertiary/aromatic N) is 1. The molecule has 154 valence electrons. The Labute approximate surface area is 175 Å². The standard InChI is InChI=1S/C22H21N3O4S/c1-2-13-25-30(27,28)19-11-9-18(10-12-19)22(26)24-15-5-16-29-20-8-3-6-17-7-4-14-23-21(17)20/h1,3-4,6-12,14,25H,5,13,15-16H2,(H,24,26). The number of rotatable bonds is 9. The Morgan fingerprint density at radius 3 is 2.63 bits per heavy atom. The predicted octanol–water partition coefficient (Wildman–Crippen LogP) is 2.35. The fourth-order valence-corrected chi connectivity index (χ4v) is 3.69. The van der Waals surface area contributed by atoms with E-state index in [1.165, 1.54) is 24.3 Å². The van der Waals surface area contributed by atoms with E-state index in [0.29, 0.717) is 30.9 Å². The van der Waals surface area contributed by atoms with Crippen LogP contribution in [0.3, 0.4) is 0 Å². The van der Waals surface area contributed by atoms with E-state index in [2.05, 4.69) is 20.9 Å². The molecule has 2 aromatic carbocycles. The number of fused-ring (bicyclic) bond motifs is 1. The lowest BCUT2D eigenvalue weighted by atomic mass is 10.2. The largest absolute Gasteiger partial charge is 0.491 e. The maximum absolute atomic E-state index is 12.2. The number of ether oxygens (including phenoxy) is 1. The first-order chi connectivity index (χ1) is 14.5. The van der Waals surface area contributed by atoms with Crippen molar-refractivity contribution in [3.8, 4) is 18.1 Å². The van der Waals surface area contributed by atoms with Crippen molar-refractivity contribution in [1.82, 2.24) is 15.0 Å². The third-order valence-electron chi connectivity index (χ3n) is 4.25. The second-order valence-electron chi connectivity index (χ2n) is 6.34. The Balaban J connectivity index is 1.47. The van der Waals surface area contributed by atoms with Crippen LogP contribution >= 0.6 is 0 Å². The summed E-state index contributed by atoms with van der Waals surface area (Å²) in [6.45, 7) is 0.746. The smallest absolute Gasteiger partial charge is 0.251 e. The topological polar surface area (TPSA) is 97.4 Å². The predicted molar refractivity (Wildman–Crippen MR) is 115 cm³/mol. The van der Waals surface area contributed by atoms with Crippen LogP contribution in [0.4, 0.5) is 0 Å². The third-order valence-corrected chi connectivity index (χ3v) is 5.67. The molecule has 0 spiro atoms. The molecule has 7 nitrogen and oxygen atoms in total. The van der Waals surface area contributed by atoms with Gasteiger partial charge in [0.05, 0.1) is 18.0 Å². The van der Waals surface area contributed by atoms with Crippen LogP contribution in [-0.4, -0.2) is 39.0 Å². The van der Waals surface area contributed by atoms with Crippen molar-refractivity contribution in [2.45, 2.75) is 11.3 Å². The van der Waals surface area contributed by atoms with Gasteiger partial charge in [-0.15, -0.1) is 6.42 Å². The number of hydrogen-bond donors (Lipinski definition) is 2. The Hall–Kier alpha value is -3.41. The molecule has 1 amide bonds. The Morgan fingerprint density at radius 1 is 1.10 bits per heavy atom. The fourth-order valence-electron chi connectivity index (χ4n) is 2.76. The number of pyridine rings is 1. The number of amides is 1. The Kier molecular flexibility index (Phi) is 7.01. The van der Waals surface area contributed by atoms with E-state index in [1.54, 1.807) is 6.20 Å². The molecular weight excluding hydrogens is 402 g/mol. The van der Waals surface area contributed by atoms with Crippen LogP contribution in [0.5, 0.6) is 5.75 Å². The summed E-state index contributed by atoms with van der Waals surface area (Å²) in [6, 6.07) is 15.2. The molecule has 0 fully saturated rings. The molecule has 0 saturated heterocycles. The van der Waals surface area contributed by atoms with Gasteiger partial charge in [-0.1, -0.05) is 24.1 Å². The lowest BCUT2D eigenvalue weighted by Gasteiger charge is -2.09. The zero-order valence-corrected chi connectivity index (χ0v) is 17.0. The summed E-state index contributed by atoms with van der Waals surface area (Å²) in [5.74, 6) is 2.62. The maximum Gasteiger partial charge on any atom is 0.251 e. The van der Waals surface area contributed by atoms with Crippen LogP contribution in [-0.2, 0) is 10.0 Å². The van der Waals surface area contributed by atoms with Crippen LogP contribution in [0.25, 0.3) is 10.9 Å². The lowest BCUT2D eigenvalue weighted by Crippen LogP contribution is -2.26. The van der Waals surface area contributed by atoms with Crippen molar-refractivity contribution in [3.05, 3.63) is 66.4 Å².